The molecule has 22 heavy (non-hydrogen) atoms. The fourth-order valence-electron chi connectivity index (χ4n) is 2.31. The maximum Gasteiger partial charge on any atom is 0.226 e. The van der Waals surface area contributed by atoms with Crippen LogP contribution in [-0.2, 0) is 4.79 Å². The van der Waals surface area contributed by atoms with Gasteiger partial charge >= 0.3 is 0 Å². The minimum atomic E-state index is 0.0846. The first kappa shape index (κ1) is 14.8. The second-order valence-corrected chi connectivity index (χ2v) is 5.93. The van der Waals surface area contributed by atoms with Crippen LogP contribution in [0.25, 0.3) is 17.1 Å². The van der Waals surface area contributed by atoms with Crippen LogP contribution in [0.3, 0.4) is 0 Å². The number of fused-ring (bicyclic) bond motifs is 1. The highest BCUT2D eigenvalue weighted by Gasteiger charge is 2.23. The van der Waals surface area contributed by atoms with Gasteiger partial charge in [0.15, 0.2) is 5.78 Å². The summed E-state index contributed by atoms with van der Waals surface area (Å²) in [5, 5.41) is 0.832. The second-order valence-electron chi connectivity index (χ2n) is 5.93. The Morgan fingerprint density at radius 1 is 1.50 bits per heavy atom. The van der Waals surface area contributed by atoms with E-state index in [1.54, 1.807) is 6.08 Å². The van der Waals surface area contributed by atoms with E-state index < -0.39 is 0 Å². The molecular weight excluding hydrogens is 278 g/mol. The smallest absolute Gasteiger partial charge is 0.226 e. The van der Waals surface area contributed by atoms with E-state index in [0.717, 1.165) is 23.0 Å². The van der Waals surface area contributed by atoms with Gasteiger partial charge in [-0.15, -0.1) is 0 Å². The lowest BCUT2D eigenvalue weighted by Crippen LogP contribution is -2.11. The van der Waals surface area contributed by atoms with Crippen molar-refractivity contribution in [3.8, 4) is 5.88 Å². The van der Waals surface area contributed by atoms with E-state index in [9.17, 15) is 4.79 Å². The summed E-state index contributed by atoms with van der Waals surface area (Å²) in [4.78, 5) is 23.4. The molecular formula is C17H21N3O2. The fourth-order valence-corrected chi connectivity index (χ4v) is 2.31. The number of ether oxygens (including phenoxy) is 1. The molecule has 1 aliphatic rings. The molecule has 2 aromatic heterocycles. The minimum Gasteiger partial charge on any atom is -0.474 e. The number of nitrogens with zero attached hydrogens (tertiary/aromatic N) is 2. The third-order valence-corrected chi connectivity index (χ3v) is 3.99. The molecule has 5 nitrogen and oxygen atoms in total. The van der Waals surface area contributed by atoms with Crippen molar-refractivity contribution in [2.24, 2.45) is 5.92 Å². The lowest BCUT2D eigenvalue weighted by atomic mass is 10.1. The van der Waals surface area contributed by atoms with E-state index in [2.05, 4.69) is 21.9 Å². The lowest BCUT2D eigenvalue weighted by molar-refractivity contribution is -0.114. The predicted octanol–water partition coefficient (Wildman–Crippen LogP) is 3.52. The van der Waals surface area contributed by atoms with Crippen molar-refractivity contribution in [3.05, 3.63) is 24.2 Å². The molecule has 3 rings (SSSR count). The Morgan fingerprint density at radius 2 is 2.32 bits per heavy atom. The average Bonchev–Trinajstić information content (AvgIpc) is 3.22. The number of carbonyl (C=O) groups excluding carboxylic acids is 1. The Morgan fingerprint density at radius 3 is 3.05 bits per heavy atom. The van der Waals surface area contributed by atoms with E-state index in [0.29, 0.717) is 18.2 Å². The maximum absolute atomic E-state index is 11.9. The molecule has 0 aromatic carbocycles. The quantitative estimate of drug-likeness (QED) is 0.794. The van der Waals surface area contributed by atoms with Gasteiger partial charge in [-0.1, -0.05) is 6.92 Å². The standard InChI is InChI=1S/C17H21N3O2/c1-3-11(2)22-17-15-13(9-18-16(15)19-10-20-17)6-7-14(21)8-12-4-5-12/h6-7,9-12H,3-5,8H2,1-2H3,(H,18,19,20)/b7-6+. The van der Waals surface area contributed by atoms with Crippen molar-refractivity contribution in [2.45, 2.75) is 45.6 Å². The molecule has 1 unspecified atom stereocenters. The summed E-state index contributed by atoms with van der Waals surface area (Å²) < 4.78 is 5.87. The van der Waals surface area contributed by atoms with Crippen LogP contribution < -0.4 is 4.74 Å². The molecule has 1 fully saturated rings. The number of hydrogen-bond acceptors (Lipinski definition) is 4. The highest BCUT2D eigenvalue weighted by molar-refractivity contribution is 5.98. The van der Waals surface area contributed by atoms with Crippen LogP contribution in [0.4, 0.5) is 0 Å². The normalized spacial score (nSPS) is 16.3. The Labute approximate surface area is 129 Å². The number of H-pyrrole nitrogens is 1. The number of aromatic nitrogens is 3. The highest BCUT2D eigenvalue weighted by atomic mass is 16.5. The van der Waals surface area contributed by atoms with Gasteiger partial charge in [0.25, 0.3) is 0 Å². The summed E-state index contributed by atoms with van der Waals surface area (Å²) in [6.45, 7) is 4.08. The molecule has 0 bridgehead atoms. The third kappa shape index (κ3) is 3.35. The summed E-state index contributed by atoms with van der Waals surface area (Å²) in [5.74, 6) is 1.35. The highest BCUT2D eigenvalue weighted by Crippen LogP contribution is 2.33. The first-order valence-corrected chi connectivity index (χ1v) is 7.87. The van der Waals surface area contributed by atoms with Gasteiger partial charge in [-0.3, -0.25) is 4.79 Å². The van der Waals surface area contributed by atoms with Gasteiger partial charge in [0.05, 0.1) is 11.5 Å². The van der Waals surface area contributed by atoms with Gasteiger partial charge in [0.2, 0.25) is 5.88 Å². The zero-order chi connectivity index (χ0) is 15.5. The van der Waals surface area contributed by atoms with Crippen molar-refractivity contribution in [2.75, 3.05) is 0 Å². The predicted molar refractivity (Wildman–Crippen MR) is 85.7 cm³/mol. The van der Waals surface area contributed by atoms with Gasteiger partial charge in [-0.25, -0.2) is 9.97 Å². The number of ketones is 1. The van der Waals surface area contributed by atoms with Crippen LogP contribution in [0.2, 0.25) is 0 Å². The Bertz CT molecular complexity index is 701. The number of carbonyl (C=O) groups is 1. The molecule has 5 heteroatoms. The molecule has 1 aliphatic carbocycles. The summed E-state index contributed by atoms with van der Waals surface area (Å²) >= 11 is 0. The second kappa shape index (κ2) is 6.30. The first-order valence-electron chi connectivity index (χ1n) is 7.87. The largest absolute Gasteiger partial charge is 0.474 e. The number of hydrogen-bond donors (Lipinski definition) is 1. The molecule has 116 valence electrons. The third-order valence-electron chi connectivity index (χ3n) is 3.99. The monoisotopic (exact) mass is 299 g/mol. The lowest BCUT2D eigenvalue weighted by Gasteiger charge is -2.12. The van der Waals surface area contributed by atoms with Crippen molar-refractivity contribution in [1.82, 2.24) is 15.0 Å². The van der Waals surface area contributed by atoms with Crippen LogP contribution in [0.5, 0.6) is 5.88 Å². The van der Waals surface area contributed by atoms with Gasteiger partial charge < -0.3 is 9.72 Å². The zero-order valence-electron chi connectivity index (χ0n) is 13.0. The first-order chi connectivity index (χ1) is 10.7. The molecule has 1 saturated carbocycles. The topological polar surface area (TPSA) is 67.9 Å². The number of aromatic amines is 1. The van der Waals surface area contributed by atoms with E-state index in [4.69, 9.17) is 4.74 Å². The molecule has 1 atom stereocenters. The van der Waals surface area contributed by atoms with Crippen LogP contribution >= 0.6 is 0 Å². The fraction of sp³-hybridized carbons (Fsp3) is 0.471. The van der Waals surface area contributed by atoms with Crippen molar-refractivity contribution >= 4 is 22.9 Å². The van der Waals surface area contributed by atoms with Crippen LogP contribution in [0.15, 0.2) is 18.6 Å². The number of allylic oxidation sites excluding steroid dienone is 1. The zero-order valence-corrected chi connectivity index (χ0v) is 13.0. The van der Waals surface area contributed by atoms with Gasteiger partial charge in [-0.2, -0.15) is 0 Å². The summed E-state index contributed by atoms with van der Waals surface area (Å²) in [5.41, 5.74) is 1.61. The summed E-state index contributed by atoms with van der Waals surface area (Å²) in [6.07, 6.45) is 10.8. The number of rotatable bonds is 7. The molecule has 1 N–H and O–H groups in total. The number of nitrogens with one attached hydrogen (secondary N) is 1. The summed E-state index contributed by atoms with van der Waals surface area (Å²) in [6, 6.07) is 0. The van der Waals surface area contributed by atoms with E-state index in [-0.39, 0.29) is 11.9 Å². The van der Waals surface area contributed by atoms with E-state index >= 15 is 0 Å². The molecule has 0 radical (unpaired) electrons. The van der Waals surface area contributed by atoms with Gasteiger partial charge in [0.1, 0.15) is 12.0 Å². The Balaban J connectivity index is 1.85. The van der Waals surface area contributed by atoms with E-state index in [1.165, 1.54) is 19.2 Å². The molecule has 0 aliphatic heterocycles. The van der Waals surface area contributed by atoms with Crippen LogP contribution in [0.1, 0.15) is 45.1 Å². The Kier molecular flexibility index (Phi) is 4.22. The SMILES string of the molecule is CCC(C)Oc1ncnc2[nH]cc(/C=C/C(=O)CC3CC3)c12. The maximum atomic E-state index is 11.9. The van der Waals surface area contributed by atoms with Gasteiger partial charge in [0, 0.05) is 18.2 Å². The molecule has 0 saturated heterocycles. The van der Waals surface area contributed by atoms with Crippen LogP contribution in [-0.4, -0.2) is 26.8 Å². The van der Waals surface area contributed by atoms with Crippen molar-refractivity contribution in [3.63, 3.8) is 0 Å². The van der Waals surface area contributed by atoms with E-state index in [1.807, 2.05) is 19.2 Å². The van der Waals surface area contributed by atoms with Crippen molar-refractivity contribution in [1.29, 1.82) is 0 Å². The molecule has 0 amide bonds. The van der Waals surface area contributed by atoms with Crippen molar-refractivity contribution < 1.29 is 9.53 Å². The summed E-state index contributed by atoms with van der Waals surface area (Å²) in [7, 11) is 0. The Hall–Kier alpha value is -2.17. The molecule has 2 heterocycles. The minimum absolute atomic E-state index is 0.0846. The molecule has 2 aromatic rings. The average molecular weight is 299 g/mol. The van der Waals surface area contributed by atoms with Crippen LogP contribution in [0, 0.1) is 5.92 Å². The molecule has 0 spiro atoms. The van der Waals surface area contributed by atoms with Gasteiger partial charge in [-0.05, 0) is 44.3 Å².